The highest BCUT2D eigenvalue weighted by atomic mass is 32.1. The van der Waals surface area contributed by atoms with E-state index in [1.165, 1.54) is 63.4 Å². The molecule has 4 heterocycles. The van der Waals surface area contributed by atoms with Gasteiger partial charge in [0, 0.05) is 25.7 Å². The molecule has 0 atom stereocenters. The average Bonchev–Trinajstić information content (AvgIpc) is 3.50. The lowest BCUT2D eigenvalue weighted by Gasteiger charge is -2.33. The first kappa shape index (κ1) is 17.2. The van der Waals surface area contributed by atoms with E-state index in [0.717, 1.165) is 0 Å². The van der Waals surface area contributed by atoms with Crippen LogP contribution in [0.1, 0.15) is 0 Å². The lowest BCUT2D eigenvalue weighted by atomic mass is 9.37. The van der Waals surface area contributed by atoms with Crippen molar-refractivity contribution in [2.45, 2.75) is 0 Å². The normalized spacial score (nSPS) is 13.5. The third-order valence-electron chi connectivity index (χ3n) is 6.90. The van der Waals surface area contributed by atoms with Crippen molar-refractivity contribution in [3.63, 3.8) is 0 Å². The SMILES string of the molecule is c1ccc(N2c3cccc4c3B(c3c-4sc4ccccc34)c3c2sc2ccccc32)cc1. The summed E-state index contributed by atoms with van der Waals surface area (Å²) >= 11 is 3.87. The minimum absolute atomic E-state index is 0.290. The highest BCUT2D eigenvalue weighted by Gasteiger charge is 2.45. The van der Waals surface area contributed by atoms with Gasteiger partial charge in [-0.3, -0.25) is 0 Å². The molecule has 4 aromatic carbocycles. The van der Waals surface area contributed by atoms with Crippen LogP contribution in [-0.4, -0.2) is 6.71 Å². The van der Waals surface area contributed by atoms with Crippen LogP contribution in [0.5, 0.6) is 0 Å². The van der Waals surface area contributed by atoms with Gasteiger partial charge in [-0.05, 0) is 63.1 Å². The van der Waals surface area contributed by atoms with Crippen LogP contribution in [0.3, 0.4) is 0 Å². The number of rotatable bonds is 1. The van der Waals surface area contributed by atoms with E-state index >= 15 is 0 Å². The van der Waals surface area contributed by atoms with Gasteiger partial charge in [-0.25, -0.2) is 0 Å². The second-order valence-electron chi connectivity index (χ2n) is 8.50. The summed E-state index contributed by atoms with van der Waals surface area (Å²) in [4.78, 5) is 3.94. The minimum Gasteiger partial charge on any atom is -0.303 e. The van der Waals surface area contributed by atoms with E-state index in [9.17, 15) is 0 Å². The molecule has 2 aliphatic rings. The molecule has 0 spiro atoms. The number of hydrogen-bond acceptors (Lipinski definition) is 3. The van der Waals surface area contributed by atoms with Crippen molar-refractivity contribution in [2.75, 3.05) is 4.90 Å². The number of benzene rings is 4. The molecule has 1 nitrogen and oxygen atoms in total. The quantitative estimate of drug-likeness (QED) is 0.267. The molecule has 2 aliphatic heterocycles. The first-order valence-electron chi connectivity index (χ1n) is 10.9. The summed E-state index contributed by atoms with van der Waals surface area (Å²) in [5, 5.41) is 4.16. The number of hydrogen-bond donors (Lipinski definition) is 0. The van der Waals surface area contributed by atoms with E-state index in [1.54, 1.807) is 0 Å². The maximum Gasteiger partial charge on any atom is 0.252 e. The largest absolute Gasteiger partial charge is 0.303 e. The molecule has 32 heavy (non-hydrogen) atoms. The predicted molar refractivity (Wildman–Crippen MR) is 142 cm³/mol. The lowest BCUT2D eigenvalue weighted by molar-refractivity contribution is 1.33. The average molecular weight is 441 g/mol. The number of thiophene rings is 2. The fourth-order valence-corrected chi connectivity index (χ4v) is 8.23. The summed E-state index contributed by atoms with van der Waals surface area (Å²) in [5.41, 5.74) is 8.41. The van der Waals surface area contributed by atoms with Gasteiger partial charge in [0.05, 0.1) is 5.00 Å². The van der Waals surface area contributed by atoms with E-state index in [4.69, 9.17) is 0 Å². The summed E-state index contributed by atoms with van der Waals surface area (Å²) in [6, 6.07) is 35.6. The third-order valence-corrected chi connectivity index (χ3v) is 9.29. The topological polar surface area (TPSA) is 3.24 Å². The molecule has 0 bridgehead atoms. The van der Waals surface area contributed by atoms with Crippen LogP contribution in [0.25, 0.3) is 30.6 Å². The zero-order chi connectivity index (χ0) is 20.8. The Bertz CT molecular complexity index is 1700. The summed E-state index contributed by atoms with van der Waals surface area (Å²) < 4.78 is 2.75. The van der Waals surface area contributed by atoms with E-state index in [-0.39, 0.29) is 0 Å². The van der Waals surface area contributed by atoms with Crippen LogP contribution in [0, 0.1) is 0 Å². The van der Waals surface area contributed by atoms with Gasteiger partial charge in [-0.15, -0.1) is 22.7 Å². The van der Waals surface area contributed by atoms with Crippen LogP contribution in [0.2, 0.25) is 0 Å². The molecule has 0 amide bonds. The monoisotopic (exact) mass is 441 g/mol. The van der Waals surface area contributed by atoms with Crippen molar-refractivity contribution in [3.05, 3.63) is 97.1 Å². The molecule has 0 N–H and O–H groups in total. The van der Waals surface area contributed by atoms with Crippen molar-refractivity contribution < 1.29 is 0 Å². The predicted octanol–water partition coefficient (Wildman–Crippen LogP) is 6.40. The number of nitrogens with zero attached hydrogens (tertiary/aromatic N) is 1. The number of para-hydroxylation sites is 1. The smallest absolute Gasteiger partial charge is 0.252 e. The zero-order valence-corrected chi connectivity index (χ0v) is 18.7. The summed E-state index contributed by atoms with van der Waals surface area (Å²) in [5.74, 6) is 0. The molecule has 8 rings (SSSR count). The molecule has 0 aliphatic carbocycles. The molecule has 6 aromatic rings. The minimum atomic E-state index is 0.290. The van der Waals surface area contributed by atoms with Crippen LogP contribution in [0.15, 0.2) is 97.1 Å². The van der Waals surface area contributed by atoms with Crippen molar-refractivity contribution >= 4 is 82.3 Å². The molecular formula is C28H16BNS2. The van der Waals surface area contributed by atoms with Crippen LogP contribution in [-0.2, 0) is 0 Å². The molecule has 2 aromatic heterocycles. The Morgan fingerprint density at radius 3 is 2.06 bits per heavy atom. The highest BCUT2D eigenvalue weighted by Crippen LogP contribution is 2.47. The fraction of sp³-hybridized carbons (Fsp3) is 0. The second kappa shape index (κ2) is 6.13. The molecule has 0 saturated heterocycles. The van der Waals surface area contributed by atoms with Crippen molar-refractivity contribution in [1.29, 1.82) is 0 Å². The first-order chi connectivity index (χ1) is 15.9. The van der Waals surface area contributed by atoms with E-state index in [1.807, 2.05) is 22.7 Å². The van der Waals surface area contributed by atoms with E-state index in [0.29, 0.717) is 6.71 Å². The van der Waals surface area contributed by atoms with Gasteiger partial charge in [-0.2, -0.15) is 0 Å². The van der Waals surface area contributed by atoms with Crippen molar-refractivity contribution in [1.82, 2.24) is 0 Å². The van der Waals surface area contributed by atoms with Gasteiger partial charge in [-0.1, -0.05) is 66.7 Å². The summed E-state index contributed by atoms with van der Waals surface area (Å²) in [7, 11) is 0. The second-order valence-corrected chi connectivity index (χ2v) is 10.6. The van der Waals surface area contributed by atoms with Crippen molar-refractivity contribution in [3.8, 4) is 10.4 Å². The van der Waals surface area contributed by atoms with Crippen LogP contribution >= 0.6 is 22.7 Å². The van der Waals surface area contributed by atoms with Crippen LogP contribution in [0.4, 0.5) is 16.4 Å². The summed E-state index contributed by atoms with van der Waals surface area (Å²) in [6.45, 7) is 0.290. The highest BCUT2D eigenvalue weighted by molar-refractivity contribution is 7.30. The Morgan fingerprint density at radius 2 is 1.25 bits per heavy atom. The Kier molecular flexibility index (Phi) is 3.30. The Morgan fingerprint density at radius 1 is 0.562 bits per heavy atom. The van der Waals surface area contributed by atoms with Gasteiger partial charge >= 0.3 is 0 Å². The first-order valence-corrected chi connectivity index (χ1v) is 12.5. The molecule has 0 unspecified atom stereocenters. The Balaban J connectivity index is 1.56. The van der Waals surface area contributed by atoms with E-state index < -0.39 is 0 Å². The number of fused-ring (bicyclic) bond motifs is 9. The summed E-state index contributed by atoms with van der Waals surface area (Å²) in [6.07, 6.45) is 0. The third kappa shape index (κ3) is 2.05. The Labute approximate surface area is 194 Å². The van der Waals surface area contributed by atoms with Gasteiger partial charge in [0.2, 0.25) is 0 Å². The zero-order valence-electron chi connectivity index (χ0n) is 17.1. The van der Waals surface area contributed by atoms with Gasteiger partial charge in [0.15, 0.2) is 0 Å². The molecule has 148 valence electrons. The molecule has 0 fully saturated rings. The number of anilines is 3. The van der Waals surface area contributed by atoms with Gasteiger partial charge in [0.1, 0.15) is 0 Å². The molecule has 0 saturated carbocycles. The standard InChI is InChI=1S/C28H16BNS2/c1-2-9-17(10-3-1)30-21-14-8-13-20-24(21)29(25-18-11-4-6-15-22(18)31-27(20)25)26-19-12-5-7-16-23(19)32-28(26)30/h1-16H. The molecule has 4 heteroatoms. The molecule has 0 radical (unpaired) electrons. The Hall–Kier alpha value is -3.34. The van der Waals surface area contributed by atoms with Crippen LogP contribution < -0.4 is 21.3 Å². The maximum absolute atomic E-state index is 2.49. The fourth-order valence-electron chi connectivity index (χ4n) is 5.67. The van der Waals surface area contributed by atoms with E-state index in [2.05, 4.69) is 102 Å². The lowest BCUT2D eigenvalue weighted by Crippen LogP contribution is -2.54. The van der Waals surface area contributed by atoms with Crippen molar-refractivity contribution in [2.24, 2.45) is 0 Å². The van der Waals surface area contributed by atoms with Gasteiger partial charge < -0.3 is 4.90 Å². The molecular weight excluding hydrogens is 425 g/mol. The maximum atomic E-state index is 2.49. The van der Waals surface area contributed by atoms with Gasteiger partial charge in [0.25, 0.3) is 6.71 Å².